The Hall–Kier alpha value is -2.12. The Bertz CT molecular complexity index is 944. The lowest BCUT2D eigenvalue weighted by Crippen LogP contribution is -2.13. The van der Waals surface area contributed by atoms with Crippen LogP contribution in [0.1, 0.15) is 26.3 Å². The number of nitrogens with zero attached hydrogens (tertiary/aromatic N) is 3. The lowest BCUT2D eigenvalue weighted by molar-refractivity contribution is -0.115. The first-order valence-corrected chi connectivity index (χ1v) is 10.3. The van der Waals surface area contributed by atoms with Gasteiger partial charge in [-0.3, -0.25) is 9.36 Å². The van der Waals surface area contributed by atoms with Crippen LogP contribution in [0.3, 0.4) is 0 Å². The van der Waals surface area contributed by atoms with Crippen molar-refractivity contribution in [2.24, 2.45) is 5.73 Å². The van der Waals surface area contributed by atoms with Crippen molar-refractivity contribution in [3.63, 3.8) is 0 Å². The monoisotopic (exact) mass is 444 g/mol. The van der Waals surface area contributed by atoms with Gasteiger partial charge in [-0.15, -0.1) is 10.2 Å². The number of carbonyl (C=O) groups excluding carboxylic acids is 1. The number of benzene rings is 2. The number of amides is 1. The van der Waals surface area contributed by atoms with E-state index in [1.165, 1.54) is 17.3 Å². The highest BCUT2D eigenvalue weighted by molar-refractivity contribution is 9.10. The van der Waals surface area contributed by atoms with Crippen molar-refractivity contribution in [2.45, 2.75) is 31.3 Å². The highest BCUT2D eigenvalue weighted by atomic mass is 79.9. The molecular weight excluding hydrogens is 424 g/mol. The van der Waals surface area contributed by atoms with Crippen LogP contribution >= 0.6 is 27.7 Å². The van der Waals surface area contributed by atoms with E-state index >= 15 is 0 Å². The second-order valence-corrected chi connectivity index (χ2v) is 9.06. The molecule has 1 aromatic heterocycles. The van der Waals surface area contributed by atoms with E-state index in [4.69, 9.17) is 5.73 Å². The molecule has 0 saturated carbocycles. The van der Waals surface area contributed by atoms with Crippen LogP contribution in [0.2, 0.25) is 0 Å². The minimum Gasteiger partial charge on any atom is -0.369 e. The first-order chi connectivity index (χ1) is 12.8. The molecule has 3 rings (SSSR count). The van der Waals surface area contributed by atoms with Gasteiger partial charge in [0.15, 0.2) is 11.0 Å². The molecule has 0 atom stereocenters. The zero-order chi connectivity index (χ0) is 19.6. The van der Waals surface area contributed by atoms with E-state index < -0.39 is 0 Å². The number of nitrogens with two attached hydrogens (primary N) is 1. The average Bonchev–Trinajstić information content (AvgIpc) is 3.04. The molecule has 0 aliphatic rings. The zero-order valence-corrected chi connectivity index (χ0v) is 17.8. The van der Waals surface area contributed by atoms with Gasteiger partial charge in [-0.1, -0.05) is 72.7 Å². The smallest absolute Gasteiger partial charge is 0.227 e. The fourth-order valence-corrected chi connectivity index (χ4v) is 3.58. The minimum absolute atomic E-state index is 0.0837. The Kier molecular flexibility index (Phi) is 5.72. The highest BCUT2D eigenvalue weighted by Gasteiger charge is 2.18. The van der Waals surface area contributed by atoms with Crippen LogP contribution in [0, 0.1) is 0 Å². The van der Waals surface area contributed by atoms with Gasteiger partial charge in [0.1, 0.15) is 0 Å². The predicted molar refractivity (Wildman–Crippen MR) is 113 cm³/mol. The number of thioether (sulfide) groups is 1. The lowest BCUT2D eigenvalue weighted by Gasteiger charge is -2.19. The van der Waals surface area contributed by atoms with Crippen molar-refractivity contribution in [1.29, 1.82) is 0 Å². The number of carbonyl (C=O) groups is 1. The quantitative estimate of drug-likeness (QED) is 0.584. The molecule has 5 nitrogen and oxygen atoms in total. The standard InChI is InChI=1S/C20H21BrN4OS/c1-20(2,3)14-6-4-13(5-7-14)18-23-24-19(27-12-17(22)26)25(18)16-10-8-15(21)9-11-16/h4-11H,12H2,1-3H3,(H2,22,26). The average molecular weight is 445 g/mol. The maximum atomic E-state index is 11.2. The SMILES string of the molecule is CC(C)(C)c1ccc(-c2nnc(SCC(N)=O)n2-c2ccc(Br)cc2)cc1. The third-order valence-corrected chi connectivity index (χ3v) is 5.55. The molecule has 1 heterocycles. The van der Waals surface area contributed by atoms with Gasteiger partial charge in [-0.25, -0.2) is 0 Å². The van der Waals surface area contributed by atoms with Crippen LogP contribution in [0.5, 0.6) is 0 Å². The highest BCUT2D eigenvalue weighted by Crippen LogP contribution is 2.30. The van der Waals surface area contributed by atoms with Crippen molar-refractivity contribution in [3.8, 4) is 17.1 Å². The van der Waals surface area contributed by atoms with Crippen molar-refractivity contribution in [3.05, 3.63) is 58.6 Å². The molecule has 0 saturated heterocycles. The normalized spacial score (nSPS) is 11.6. The predicted octanol–water partition coefficient (Wildman–Crippen LogP) is 4.57. The summed E-state index contributed by atoms with van der Waals surface area (Å²) in [6.45, 7) is 6.56. The first-order valence-electron chi connectivity index (χ1n) is 8.49. The summed E-state index contributed by atoms with van der Waals surface area (Å²) < 4.78 is 2.94. The Morgan fingerprint density at radius 1 is 1.07 bits per heavy atom. The van der Waals surface area contributed by atoms with E-state index in [2.05, 4.69) is 71.2 Å². The molecule has 2 N–H and O–H groups in total. The number of aromatic nitrogens is 3. The van der Waals surface area contributed by atoms with E-state index in [9.17, 15) is 4.79 Å². The van der Waals surface area contributed by atoms with Gasteiger partial charge in [0, 0.05) is 15.7 Å². The molecule has 0 unspecified atom stereocenters. The van der Waals surface area contributed by atoms with Crippen molar-refractivity contribution in [1.82, 2.24) is 14.8 Å². The van der Waals surface area contributed by atoms with Gasteiger partial charge in [-0.05, 0) is 35.2 Å². The molecule has 0 radical (unpaired) electrons. The number of primary amides is 1. The molecule has 0 aliphatic carbocycles. The third kappa shape index (κ3) is 4.59. The molecule has 0 fully saturated rings. The van der Waals surface area contributed by atoms with E-state index in [0.29, 0.717) is 5.16 Å². The molecule has 27 heavy (non-hydrogen) atoms. The molecule has 0 aliphatic heterocycles. The second-order valence-electron chi connectivity index (χ2n) is 7.20. The summed E-state index contributed by atoms with van der Waals surface area (Å²) in [4.78, 5) is 11.2. The molecular formula is C20H21BrN4OS. The van der Waals surface area contributed by atoms with Gasteiger partial charge in [0.25, 0.3) is 0 Å². The van der Waals surface area contributed by atoms with Gasteiger partial charge in [-0.2, -0.15) is 0 Å². The van der Waals surface area contributed by atoms with Crippen LogP contribution in [0.15, 0.2) is 58.2 Å². The van der Waals surface area contributed by atoms with Crippen LogP contribution < -0.4 is 5.73 Å². The Morgan fingerprint density at radius 2 is 1.70 bits per heavy atom. The van der Waals surface area contributed by atoms with E-state index in [1.54, 1.807) is 0 Å². The number of hydrogen-bond acceptors (Lipinski definition) is 4. The van der Waals surface area contributed by atoms with Gasteiger partial charge in [0.05, 0.1) is 5.75 Å². The number of halogens is 1. The van der Waals surface area contributed by atoms with Crippen LogP contribution in [-0.2, 0) is 10.2 Å². The molecule has 0 spiro atoms. The largest absolute Gasteiger partial charge is 0.369 e. The Labute approximate surface area is 171 Å². The van der Waals surface area contributed by atoms with Crippen LogP contribution in [0.4, 0.5) is 0 Å². The van der Waals surface area contributed by atoms with Crippen molar-refractivity contribution >= 4 is 33.6 Å². The Balaban J connectivity index is 2.07. The molecule has 1 amide bonds. The number of hydrogen-bond donors (Lipinski definition) is 1. The summed E-state index contributed by atoms with van der Waals surface area (Å²) in [7, 11) is 0. The van der Waals surface area contributed by atoms with Crippen molar-refractivity contribution < 1.29 is 4.79 Å². The molecule has 2 aromatic carbocycles. The van der Waals surface area contributed by atoms with Gasteiger partial charge in [0.2, 0.25) is 5.91 Å². The Morgan fingerprint density at radius 3 is 2.26 bits per heavy atom. The fraction of sp³-hybridized carbons (Fsp3) is 0.250. The molecule has 0 bridgehead atoms. The van der Waals surface area contributed by atoms with Gasteiger partial charge < -0.3 is 5.73 Å². The molecule has 140 valence electrons. The third-order valence-electron chi connectivity index (χ3n) is 4.07. The summed E-state index contributed by atoms with van der Waals surface area (Å²) >= 11 is 4.74. The first kappa shape index (κ1) is 19.6. The lowest BCUT2D eigenvalue weighted by atomic mass is 9.87. The summed E-state index contributed by atoms with van der Waals surface area (Å²) in [5.74, 6) is 0.489. The summed E-state index contributed by atoms with van der Waals surface area (Å²) in [6.07, 6.45) is 0. The van der Waals surface area contributed by atoms with E-state index in [0.717, 1.165) is 21.5 Å². The van der Waals surface area contributed by atoms with E-state index in [-0.39, 0.29) is 17.1 Å². The van der Waals surface area contributed by atoms with Crippen molar-refractivity contribution in [2.75, 3.05) is 5.75 Å². The molecule has 7 heteroatoms. The maximum Gasteiger partial charge on any atom is 0.227 e. The van der Waals surface area contributed by atoms with Crippen LogP contribution in [0.25, 0.3) is 17.1 Å². The minimum atomic E-state index is -0.388. The zero-order valence-electron chi connectivity index (χ0n) is 15.4. The second kappa shape index (κ2) is 7.86. The summed E-state index contributed by atoms with van der Waals surface area (Å²) in [5, 5.41) is 9.30. The number of rotatable bonds is 5. The van der Waals surface area contributed by atoms with Crippen LogP contribution in [-0.4, -0.2) is 26.4 Å². The van der Waals surface area contributed by atoms with Gasteiger partial charge >= 0.3 is 0 Å². The maximum absolute atomic E-state index is 11.2. The summed E-state index contributed by atoms with van der Waals surface area (Å²) in [5.41, 5.74) is 8.52. The molecule has 3 aromatic rings. The topological polar surface area (TPSA) is 73.8 Å². The van der Waals surface area contributed by atoms with E-state index in [1.807, 2.05) is 28.8 Å². The summed E-state index contributed by atoms with van der Waals surface area (Å²) in [6, 6.07) is 16.2. The fourth-order valence-electron chi connectivity index (χ4n) is 2.63.